The summed E-state index contributed by atoms with van der Waals surface area (Å²) in [5.41, 5.74) is 2.67. The van der Waals surface area contributed by atoms with Crippen LogP contribution < -0.4 is 0 Å². The molecule has 0 amide bonds. The molecular formula is C25H43N3O3Si. The largest absolute Gasteiger partial charge is 0.503 e. The lowest BCUT2D eigenvalue weighted by Gasteiger charge is -2.32. The van der Waals surface area contributed by atoms with Crippen LogP contribution in [0.5, 0.6) is 0 Å². The van der Waals surface area contributed by atoms with Crippen LogP contribution in [-0.2, 0) is 32.7 Å². The van der Waals surface area contributed by atoms with Crippen molar-refractivity contribution in [2.45, 2.75) is 89.6 Å². The molecule has 7 heteroatoms. The molecule has 0 aliphatic rings. The van der Waals surface area contributed by atoms with Crippen molar-refractivity contribution < 1.29 is 13.3 Å². The number of hydrogen-bond donors (Lipinski definition) is 0. The number of aromatic nitrogens is 3. The number of nitrogens with zero attached hydrogens (tertiary/aromatic N) is 3. The van der Waals surface area contributed by atoms with E-state index in [1.165, 1.54) is 44.1 Å². The summed E-state index contributed by atoms with van der Waals surface area (Å²) in [5.74, 6) is 0. The fraction of sp³-hybridized carbons (Fsp3) is 0.680. The molecule has 2 aromatic rings. The molecule has 1 aromatic heterocycles. The average molecular weight is 462 g/mol. The van der Waals surface area contributed by atoms with Crippen LogP contribution in [0.15, 0.2) is 36.5 Å². The summed E-state index contributed by atoms with van der Waals surface area (Å²) >= 11 is 0. The molecule has 6 nitrogen and oxygen atoms in total. The normalized spacial score (nSPS) is 12.9. The van der Waals surface area contributed by atoms with Gasteiger partial charge in [-0.05, 0) is 37.7 Å². The lowest BCUT2D eigenvalue weighted by atomic mass is 10.1. The van der Waals surface area contributed by atoms with Crippen LogP contribution in [0.4, 0.5) is 0 Å². The molecule has 1 heterocycles. The fourth-order valence-electron chi connectivity index (χ4n) is 4.39. The molecule has 0 fully saturated rings. The third kappa shape index (κ3) is 8.77. The zero-order valence-electron chi connectivity index (χ0n) is 20.6. The van der Waals surface area contributed by atoms with Crippen molar-refractivity contribution >= 4 is 8.80 Å². The molecule has 0 spiro atoms. The minimum atomic E-state index is -2.68. The molecule has 32 heavy (non-hydrogen) atoms. The predicted octanol–water partition coefficient (Wildman–Crippen LogP) is 5.84. The Morgan fingerprint density at radius 1 is 0.844 bits per heavy atom. The molecule has 0 N–H and O–H groups in total. The van der Waals surface area contributed by atoms with Gasteiger partial charge in [0.25, 0.3) is 0 Å². The molecular weight excluding hydrogens is 418 g/mol. The minimum absolute atomic E-state index is 0.275. The van der Waals surface area contributed by atoms with Crippen LogP contribution in [0.1, 0.15) is 76.0 Å². The Kier molecular flexibility index (Phi) is 12.8. The van der Waals surface area contributed by atoms with Gasteiger partial charge in [-0.15, -0.1) is 5.10 Å². The SMILES string of the molecule is CCCCCCCCC(CCc1cn(CCCc2ccccc2)nn1)[Si](OC)(OC)OC. The van der Waals surface area contributed by atoms with Crippen LogP contribution in [-0.4, -0.2) is 45.1 Å². The van der Waals surface area contributed by atoms with Crippen molar-refractivity contribution in [2.24, 2.45) is 0 Å². The second-order valence-electron chi connectivity index (χ2n) is 8.57. The number of hydrogen-bond acceptors (Lipinski definition) is 5. The van der Waals surface area contributed by atoms with E-state index < -0.39 is 8.80 Å². The van der Waals surface area contributed by atoms with Gasteiger partial charge in [0, 0.05) is 39.6 Å². The standard InChI is InChI=1S/C25H43N3O3Si/c1-5-6-7-8-9-13-18-25(32(29-2,30-3)31-4)20-19-24-22-28(27-26-24)21-14-17-23-15-11-10-12-16-23/h10-12,15-16,22,25H,5-9,13-14,17-21H2,1-4H3. The molecule has 2 rings (SSSR count). The second-order valence-corrected chi connectivity index (χ2v) is 11.8. The summed E-state index contributed by atoms with van der Waals surface area (Å²) in [6.07, 6.45) is 14.8. The molecule has 0 radical (unpaired) electrons. The van der Waals surface area contributed by atoms with E-state index in [2.05, 4.69) is 53.8 Å². The van der Waals surface area contributed by atoms with Crippen molar-refractivity contribution in [1.82, 2.24) is 15.0 Å². The van der Waals surface area contributed by atoms with Crippen molar-refractivity contribution in [3.8, 4) is 0 Å². The van der Waals surface area contributed by atoms with Crippen molar-refractivity contribution in [3.05, 3.63) is 47.8 Å². The number of benzene rings is 1. The van der Waals surface area contributed by atoms with Gasteiger partial charge in [0.15, 0.2) is 0 Å². The van der Waals surface area contributed by atoms with Gasteiger partial charge in [-0.2, -0.15) is 0 Å². The summed E-state index contributed by atoms with van der Waals surface area (Å²) in [6.45, 7) is 3.14. The monoisotopic (exact) mass is 461 g/mol. The molecule has 0 saturated heterocycles. The van der Waals surface area contributed by atoms with Gasteiger partial charge in [0.05, 0.1) is 5.69 Å². The summed E-state index contributed by atoms with van der Waals surface area (Å²) in [5, 5.41) is 8.75. The van der Waals surface area contributed by atoms with E-state index in [0.29, 0.717) is 0 Å². The van der Waals surface area contributed by atoms with Gasteiger partial charge in [-0.25, -0.2) is 0 Å². The summed E-state index contributed by atoms with van der Waals surface area (Å²) in [7, 11) is 2.47. The fourth-order valence-corrected chi connectivity index (χ4v) is 6.95. The highest BCUT2D eigenvalue weighted by Gasteiger charge is 2.46. The molecule has 0 saturated carbocycles. The maximum Gasteiger partial charge on any atom is 0.503 e. The van der Waals surface area contributed by atoms with E-state index in [-0.39, 0.29) is 5.54 Å². The first-order valence-corrected chi connectivity index (χ1v) is 14.1. The summed E-state index contributed by atoms with van der Waals surface area (Å²) < 4.78 is 19.5. The molecule has 1 aromatic carbocycles. The Balaban J connectivity index is 1.84. The van der Waals surface area contributed by atoms with Crippen LogP contribution in [0.3, 0.4) is 0 Å². The summed E-state index contributed by atoms with van der Waals surface area (Å²) in [6, 6.07) is 10.6. The first-order valence-electron chi connectivity index (χ1n) is 12.3. The Bertz CT molecular complexity index is 714. The van der Waals surface area contributed by atoms with E-state index in [1.54, 1.807) is 21.3 Å². The highest BCUT2D eigenvalue weighted by molar-refractivity contribution is 6.62. The molecule has 180 valence electrons. The Labute approximate surface area is 196 Å². The highest BCUT2D eigenvalue weighted by atomic mass is 28.4. The molecule has 0 aliphatic heterocycles. The Morgan fingerprint density at radius 2 is 1.53 bits per heavy atom. The van der Waals surface area contributed by atoms with Gasteiger partial charge in [0.2, 0.25) is 0 Å². The molecule has 0 aliphatic carbocycles. The van der Waals surface area contributed by atoms with Crippen molar-refractivity contribution in [1.29, 1.82) is 0 Å². The minimum Gasteiger partial charge on any atom is -0.377 e. The highest BCUT2D eigenvalue weighted by Crippen LogP contribution is 2.34. The summed E-state index contributed by atoms with van der Waals surface area (Å²) in [4.78, 5) is 0. The maximum absolute atomic E-state index is 5.84. The van der Waals surface area contributed by atoms with Crippen LogP contribution in [0.2, 0.25) is 5.54 Å². The number of rotatable bonds is 18. The molecule has 1 atom stereocenters. The third-order valence-electron chi connectivity index (χ3n) is 6.29. The average Bonchev–Trinajstić information content (AvgIpc) is 3.28. The third-order valence-corrected chi connectivity index (χ3v) is 9.57. The second kappa shape index (κ2) is 15.3. The maximum atomic E-state index is 5.84. The smallest absolute Gasteiger partial charge is 0.377 e. The first kappa shape index (κ1) is 26.7. The van der Waals surface area contributed by atoms with Gasteiger partial charge in [-0.1, -0.05) is 81.0 Å². The van der Waals surface area contributed by atoms with E-state index in [9.17, 15) is 0 Å². The van der Waals surface area contributed by atoms with E-state index >= 15 is 0 Å². The number of unbranched alkanes of at least 4 members (excludes halogenated alkanes) is 5. The number of aryl methyl sites for hydroxylation is 3. The van der Waals surface area contributed by atoms with Crippen LogP contribution in [0, 0.1) is 0 Å². The lowest BCUT2D eigenvalue weighted by Crippen LogP contribution is -2.47. The zero-order chi connectivity index (χ0) is 23.1. The Hall–Kier alpha value is -1.54. The Morgan fingerprint density at radius 3 is 2.22 bits per heavy atom. The molecule has 1 unspecified atom stereocenters. The van der Waals surface area contributed by atoms with Gasteiger partial charge < -0.3 is 13.3 Å². The van der Waals surface area contributed by atoms with Crippen molar-refractivity contribution in [3.63, 3.8) is 0 Å². The van der Waals surface area contributed by atoms with Gasteiger partial charge >= 0.3 is 8.80 Å². The van der Waals surface area contributed by atoms with Crippen LogP contribution in [0.25, 0.3) is 0 Å². The van der Waals surface area contributed by atoms with Gasteiger partial charge in [0.1, 0.15) is 0 Å². The predicted molar refractivity (Wildman–Crippen MR) is 132 cm³/mol. The van der Waals surface area contributed by atoms with E-state index in [4.69, 9.17) is 13.3 Å². The van der Waals surface area contributed by atoms with E-state index in [0.717, 1.165) is 44.3 Å². The first-order chi connectivity index (χ1) is 15.7. The zero-order valence-corrected chi connectivity index (χ0v) is 21.6. The van der Waals surface area contributed by atoms with E-state index in [1.807, 2.05) is 4.68 Å². The van der Waals surface area contributed by atoms with Crippen molar-refractivity contribution in [2.75, 3.05) is 21.3 Å². The topological polar surface area (TPSA) is 58.4 Å². The van der Waals surface area contributed by atoms with Crippen LogP contribution >= 0.6 is 0 Å². The quantitative estimate of drug-likeness (QED) is 0.206. The lowest BCUT2D eigenvalue weighted by molar-refractivity contribution is 0.107. The van der Waals surface area contributed by atoms with Gasteiger partial charge in [-0.3, -0.25) is 4.68 Å². The molecule has 0 bridgehead atoms.